The van der Waals surface area contributed by atoms with E-state index >= 15 is 0 Å². The summed E-state index contributed by atoms with van der Waals surface area (Å²) in [6.45, 7) is 9.31. The van der Waals surface area contributed by atoms with Gasteiger partial charge in [-0.05, 0) is 178 Å². The molecule has 6 aliphatic rings. The van der Waals surface area contributed by atoms with Crippen LogP contribution in [-0.4, -0.2) is 121 Å². The van der Waals surface area contributed by atoms with Crippen molar-refractivity contribution in [1.29, 1.82) is 0 Å². The van der Waals surface area contributed by atoms with Crippen molar-refractivity contribution >= 4 is 48.9 Å². The number of nitrogens with zero attached hydrogens (tertiary/aromatic N) is 6. The Balaban J connectivity index is 0.000000230. The summed E-state index contributed by atoms with van der Waals surface area (Å²) >= 11 is 0. The largest absolute Gasteiger partial charge is 0.444 e. The van der Waals surface area contributed by atoms with E-state index in [9.17, 15) is 67.1 Å². The smallest absolute Gasteiger partial charge is 0.416 e. The van der Waals surface area contributed by atoms with Crippen LogP contribution in [0, 0.1) is 17.5 Å². The van der Waals surface area contributed by atoms with Crippen molar-refractivity contribution in [2.75, 3.05) is 45.8 Å². The summed E-state index contributed by atoms with van der Waals surface area (Å²) < 4.78 is 166. The summed E-state index contributed by atoms with van der Waals surface area (Å²) in [5, 5.41) is 24.2. The number of hydrogen-bond acceptors (Lipinski definition) is 10. The summed E-state index contributed by atoms with van der Waals surface area (Å²) in [7, 11) is 0. The lowest BCUT2D eigenvalue weighted by molar-refractivity contribution is -0.191. The molecule has 522 valence electrons. The number of H-pyrrole nitrogens is 3. The van der Waals surface area contributed by atoms with Gasteiger partial charge in [-0.15, -0.1) is 24.8 Å². The molecule has 0 unspecified atom stereocenters. The first-order valence-corrected chi connectivity index (χ1v) is 30.6. The van der Waals surface area contributed by atoms with Crippen molar-refractivity contribution in [3.8, 4) is 0 Å². The summed E-state index contributed by atoms with van der Waals surface area (Å²) in [5.74, 6) is -4.25. The van der Waals surface area contributed by atoms with Crippen molar-refractivity contribution in [2.24, 2.45) is 0 Å². The Morgan fingerprint density at radius 1 is 0.516 bits per heavy atom. The van der Waals surface area contributed by atoms with Crippen molar-refractivity contribution in [1.82, 2.24) is 50.6 Å². The molecule has 3 aromatic heterocycles. The average molecular weight is 1390 g/mol. The first-order chi connectivity index (χ1) is 43.6. The molecule has 3 aromatic carbocycles. The van der Waals surface area contributed by atoms with Crippen molar-refractivity contribution in [3.63, 3.8) is 0 Å². The van der Waals surface area contributed by atoms with Crippen molar-refractivity contribution < 1.29 is 81.4 Å². The van der Waals surface area contributed by atoms with E-state index in [0.717, 1.165) is 146 Å². The predicted octanol–water partition coefficient (Wildman–Crippen LogP) is 14.8. The van der Waals surface area contributed by atoms with Crippen LogP contribution in [0.3, 0.4) is 0 Å². The topological polar surface area (TPSA) is 202 Å². The Morgan fingerprint density at radius 3 is 1.25 bits per heavy atom. The van der Waals surface area contributed by atoms with E-state index in [1.165, 1.54) is 0 Å². The maximum atomic E-state index is 14.2. The molecule has 6 aromatic rings. The zero-order valence-electron chi connectivity index (χ0n) is 51.8. The Labute approximate surface area is 554 Å². The van der Waals surface area contributed by atoms with Crippen molar-refractivity contribution in [3.05, 3.63) is 157 Å². The van der Waals surface area contributed by atoms with E-state index in [-0.39, 0.29) is 105 Å². The molecule has 2 aliphatic carbocycles. The van der Waals surface area contributed by atoms with Crippen LogP contribution in [0.1, 0.15) is 198 Å². The molecule has 95 heavy (non-hydrogen) atoms. The zero-order valence-corrected chi connectivity index (χ0v) is 53.4. The van der Waals surface area contributed by atoms with E-state index in [1.54, 1.807) is 20.9 Å². The Morgan fingerprint density at radius 2 is 0.884 bits per heavy atom. The minimum Gasteiger partial charge on any atom is -0.444 e. The van der Waals surface area contributed by atoms with Crippen LogP contribution in [0.25, 0.3) is 0 Å². The van der Waals surface area contributed by atoms with E-state index in [1.807, 2.05) is 20.8 Å². The van der Waals surface area contributed by atoms with E-state index in [2.05, 4.69) is 35.9 Å². The maximum absolute atomic E-state index is 14.2. The minimum absolute atomic E-state index is 0. The number of nitrogens with one attached hydrogen (secondary N) is 4. The number of hydrogen-bond donors (Lipinski definition) is 4. The lowest BCUT2D eigenvalue weighted by atomic mass is 9.85. The fourth-order valence-electron chi connectivity index (χ4n) is 12.8. The van der Waals surface area contributed by atoms with E-state index in [4.69, 9.17) is 14.3 Å². The van der Waals surface area contributed by atoms with Crippen LogP contribution >= 0.6 is 24.8 Å². The highest BCUT2D eigenvalue weighted by molar-refractivity contribution is 5.95. The first kappa shape index (κ1) is 78.3. The van der Waals surface area contributed by atoms with Gasteiger partial charge in [0.1, 0.15) is 23.1 Å². The number of alkyl halides is 9. The zero-order chi connectivity index (χ0) is 66.7. The van der Waals surface area contributed by atoms with Crippen LogP contribution in [0.4, 0.5) is 57.5 Å². The molecule has 3 fully saturated rings. The van der Waals surface area contributed by atoms with Gasteiger partial charge in [-0.25, -0.2) is 18.0 Å². The van der Waals surface area contributed by atoms with Gasteiger partial charge in [0.2, 0.25) is 0 Å². The summed E-state index contributed by atoms with van der Waals surface area (Å²) in [6.07, 6.45) is -1.28. The van der Waals surface area contributed by atoms with Gasteiger partial charge in [-0.2, -0.15) is 64.4 Å². The molecule has 3 amide bonds. The summed E-state index contributed by atoms with van der Waals surface area (Å²) in [6, 6.07) is 9.33. The first-order valence-electron chi connectivity index (χ1n) is 30.6. The van der Waals surface area contributed by atoms with Gasteiger partial charge in [-0.3, -0.25) is 24.9 Å². The monoisotopic (exact) mass is 1390 g/mol. The maximum Gasteiger partial charge on any atom is 0.416 e. The number of fused-ring (bicyclic) bond motifs is 3. The quantitative estimate of drug-likeness (QED) is 0.120. The summed E-state index contributed by atoms with van der Waals surface area (Å²) in [4.78, 5) is 58.7. The van der Waals surface area contributed by atoms with E-state index in [0.29, 0.717) is 76.1 Å². The highest BCUT2D eigenvalue weighted by atomic mass is 35.5. The van der Waals surface area contributed by atoms with Crippen molar-refractivity contribution in [2.45, 2.75) is 173 Å². The third-order valence-electron chi connectivity index (χ3n) is 17.2. The summed E-state index contributed by atoms with van der Waals surface area (Å²) in [5.41, 5.74) is 3.17. The van der Waals surface area contributed by atoms with Crippen LogP contribution in [0.15, 0.2) is 60.8 Å². The number of carbonyl (C=O) groups excluding carboxylic acids is 5. The third kappa shape index (κ3) is 19.9. The van der Waals surface area contributed by atoms with Gasteiger partial charge in [0.15, 0.2) is 11.4 Å². The molecule has 0 spiro atoms. The number of ether oxygens (including phenoxy) is 1. The highest BCUT2D eigenvalue weighted by Gasteiger charge is 2.41. The number of halogens is 14. The molecule has 7 heterocycles. The Hall–Kier alpha value is -7.42. The number of likely N-dealkylation sites (tertiary alicyclic amines) is 2. The fourth-order valence-corrected chi connectivity index (χ4v) is 12.8. The normalized spacial score (nSPS) is 16.8. The van der Waals surface area contributed by atoms with E-state index < -0.39 is 70.1 Å². The number of piperidine rings is 3. The molecule has 30 heteroatoms. The molecule has 12 rings (SSSR count). The third-order valence-corrected chi connectivity index (χ3v) is 17.2. The Kier molecular flexibility index (Phi) is 28.0. The van der Waals surface area contributed by atoms with Gasteiger partial charge < -0.3 is 24.8 Å². The SMILES string of the molecule is C.CC(C)(C)OC(=O)N1CCc2[nH]ncc2C1.Cl.Cl.Fc1cccc(C(F)(F)F)c1C1CCNCC1.O=C(c1n[nH]c2c1CCCC2)N1CCC(c2c(F)cccc2C(F)(F)F)CC1.O=C(c1n[nH]c2c1CCCC2)N1CCC(c2c(F)cccc2C(F)(F)F)CC1.O=C=O. The molecule has 4 N–H and O–H groups in total. The van der Waals surface area contributed by atoms with Crippen LogP contribution in [0.5, 0.6) is 0 Å². The predicted molar refractivity (Wildman–Crippen MR) is 330 cm³/mol. The van der Waals surface area contributed by atoms with Gasteiger partial charge >= 0.3 is 30.8 Å². The molecule has 0 atom stereocenters. The molecular weight excluding hydrogens is 1320 g/mol. The minimum atomic E-state index is -4.60. The highest BCUT2D eigenvalue weighted by Crippen LogP contribution is 2.43. The van der Waals surface area contributed by atoms with Gasteiger partial charge in [0, 0.05) is 89.6 Å². The Bertz CT molecular complexity index is 3400. The molecule has 0 saturated carbocycles. The number of aryl methyl sites for hydroxylation is 2. The number of aromatic nitrogens is 6. The lowest BCUT2D eigenvalue weighted by Crippen LogP contribution is -2.39. The molecule has 3 saturated heterocycles. The average Bonchev–Trinajstić information content (AvgIpc) is 1.31. The standard InChI is InChI=1S/2C20H21F4N3O.C12H13F4N.C11H17N3O2.CO2.CH4.2ClH/c2*21-15-6-3-5-14(20(22,23)24)17(15)12-8-10-27(11-9-12)19(28)18-13-4-1-2-7-16(13)25-26-18;13-10-3-1-2-9(12(14,15)16)11(10)8-4-6-17-7-5-8;1-11(2,3)16-10(15)14-5-4-9-8(7-14)6-12-13-9;2-1-3;;;/h2*3,5-6,12H,1-2,4,7-11H2,(H,25,26);1-3,8,17H,4-7H2;6H,4-5,7H2,1-3H3,(H,12,13);;1H4;2*1H. The molecule has 0 bridgehead atoms. The molecule has 0 radical (unpaired) electrons. The number of aromatic amines is 3. The van der Waals surface area contributed by atoms with Crippen LogP contribution in [-0.2, 0) is 71.5 Å². The second-order valence-electron chi connectivity index (χ2n) is 24.3. The number of rotatable bonds is 5. The number of benzene rings is 3. The molecular formula is C65H78Cl2F12N10O6. The van der Waals surface area contributed by atoms with Crippen LogP contribution in [0.2, 0.25) is 0 Å². The van der Waals surface area contributed by atoms with Gasteiger partial charge in [-0.1, -0.05) is 25.6 Å². The molecule has 16 nitrogen and oxygen atoms in total. The number of carbonyl (C=O) groups is 3. The second-order valence-corrected chi connectivity index (χ2v) is 24.3. The lowest BCUT2D eigenvalue weighted by Gasteiger charge is -2.33. The van der Waals surface area contributed by atoms with Crippen LogP contribution < -0.4 is 5.32 Å². The molecule has 4 aliphatic heterocycles. The number of amides is 3. The van der Waals surface area contributed by atoms with Gasteiger partial charge in [0.05, 0.1) is 29.4 Å². The van der Waals surface area contributed by atoms with Gasteiger partial charge in [0.25, 0.3) is 11.8 Å². The fraction of sp³-hybridized carbons (Fsp3) is 0.523. The second kappa shape index (κ2) is 34.0.